The van der Waals surface area contributed by atoms with Crippen LogP contribution in [0.4, 0.5) is 5.69 Å². The Morgan fingerprint density at radius 3 is 1.94 bits per heavy atom. The third-order valence-electron chi connectivity index (χ3n) is 4.90. The van der Waals surface area contributed by atoms with Crippen LogP contribution in [0.25, 0.3) is 0 Å². The zero-order valence-electron chi connectivity index (χ0n) is 17.8. The van der Waals surface area contributed by atoms with Crippen molar-refractivity contribution in [2.24, 2.45) is 5.92 Å². The number of halogens is 5. The normalized spacial score (nSPS) is 13.8. The van der Waals surface area contributed by atoms with Gasteiger partial charge in [0.1, 0.15) is 6.04 Å². The highest BCUT2D eigenvalue weighted by atomic mass is 35.5. The highest BCUT2D eigenvalue weighted by molar-refractivity contribution is 6.55. The summed E-state index contributed by atoms with van der Waals surface area (Å²) in [7, 11) is 0. The molecule has 34 heavy (non-hydrogen) atoms. The first-order valence-electron chi connectivity index (χ1n) is 9.90. The quantitative estimate of drug-likeness (QED) is 0.188. The van der Waals surface area contributed by atoms with E-state index < -0.39 is 36.3 Å². The fourth-order valence-corrected chi connectivity index (χ4v) is 4.58. The van der Waals surface area contributed by atoms with Crippen LogP contribution in [0.2, 0.25) is 25.1 Å². The molecule has 0 fully saturated rings. The van der Waals surface area contributed by atoms with Gasteiger partial charge in [-0.1, -0.05) is 84.0 Å². The lowest BCUT2D eigenvalue weighted by molar-refractivity contribution is -0.151. The molecule has 7 nitrogen and oxygen atoms in total. The molecule has 1 heterocycles. The Bertz CT molecular complexity index is 1150. The topological polar surface area (TPSA) is 92.8 Å². The summed E-state index contributed by atoms with van der Waals surface area (Å²) in [5.41, 5.74) is -0.157. The van der Waals surface area contributed by atoms with Gasteiger partial charge in [0.15, 0.2) is 6.61 Å². The number of carbonyl (C=O) groups is 4. The lowest BCUT2D eigenvalue weighted by Gasteiger charge is -2.26. The van der Waals surface area contributed by atoms with E-state index in [0.29, 0.717) is 15.6 Å². The minimum absolute atomic E-state index is 0.0626. The van der Waals surface area contributed by atoms with E-state index in [2.05, 4.69) is 5.32 Å². The number of carbonyl (C=O) groups excluding carboxylic acids is 4. The van der Waals surface area contributed by atoms with Crippen LogP contribution in [0.15, 0.2) is 24.3 Å². The van der Waals surface area contributed by atoms with Crippen molar-refractivity contribution in [3.63, 3.8) is 0 Å². The van der Waals surface area contributed by atoms with Crippen molar-refractivity contribution in [3.8, 4) is 0 Å². The van der Waals surface area contributed by atoms with E-state index in [-0.39, 0.29) is 43.6 Å². The van der Waals surface area contributed by atoms with E-state index in [9.17, 15) is 19.2 Å². The molecule has 3 rings (SSSR count). The number of esters is 1. The summed E-state index contributed by atoms with van der Waals surface area (Å²) < 4.78 is 5.14. The maximum absolute atomic E-state index is 13.1. The van der Waals surface area contributed by atoms with E-state index in [4.69, 9.17) is 62.7 Å². The van der Waals surface area contributed by atoms with Gasteiger partial charge in [0, 0.05) is 0 Å². The average Bonchev–Trinajstić information content (AvgIpc) is 3.04. The van der Waals surface area contributed by atoms with Crippen molar-refractivity contribution in [3.05, 3.63) is 60.5 Å². The first kappa shape index (κ1) is 26.6. The summed E-state index contributed by atoms with van der Waals surface area (Å²) in [6.45, 7) is 2.91. The lowest BCUT2D eigenvalue weighted by Crippen LogP contribution is -2.47. The molecule has 0 bridgehead atoms. The van der Waals surface area contributed by atoms with Crippen LogP contribution in [0, 0.1) is 5.92 Å². The number of nitrogens with zero attached hydrogens (tertiary/aromatic N) is 1. The maximum atomic E-state index is 13.1. The van der Waals surface area contributed by atoms with Crippen LogP contribution in [0.3, 0.4) is 0 Å². The number of amides is 3. The molecule has 180 valence electrons. The molecule has 0 aliphatic carbocycles. The molecular weight excluding hydrogens is 550 g/mol. The molecule has 0 radical (unpaired) electrons. The lowest BCUT2D eigenvalue weighted by atomic mass is 10.0. The Labute approximate surface area is 220 Å². The molecule has 0 aromatic heterocycles. The Balaban J connectivity index is 1.83. The highest BCUT2D eigenvalue weighted by Crippen LogP contribution is 2.45. The van der Waals surface area contributed by atoms with Crippen molar-refractivity contribution in [1.82, 2.24) is 4.90 Å². The van der Waals surface area contributed by atoms with Crippen LogP contribution >= 0.6 is 58.0 Å². The van der Waals surface area contributed by atoms with Gasteiger partial charge < -0.3 is 10.1 Å². The van der Waals surface area contributed by atoms with Crippen LogP contribution in [-0.4, -0.2) is 41.2 Å². The van der Waals surface area contributed by atoms with Gasteiger partial charge in [-0.25, -0.2) is 4.79 Å². The first-order chi connectivity index (χ1) is 16.0. The molecule has 2 aromatic rings. The standard InChI is InChI=1S/C22H17Cl5N2O5/c1-9(2)7-12(22(33)34-8-13(30)28-11-6-4-3-5-10(11)23)29-20(31)14-15(21(29)32)17(25)19(27)18(26)16(14)24/h3-6,9,12H,7-8H2,1-2H3,(H,28,30)/t12-/m0/s1. The SMILES string of the molecule is CC(C)C[C@@H](C(=O)OCC(=O)Nc1ccccc1Cl)N1C(=O)c2c(Cl)c(Cl)c(Cl)c(Cl)c2C1=O. The highest BCUT2D eigenvalue weighted by Gasteiger charge is 2.47. The second-order valence-corrected chi connectivity index (χ2v) is 9.69. The summed E-state index contributed by atoms with van der Waals surface area (Å²) >= 11 is 30.4. The van der Waals surface area contributed by atoms with Gasteiger partial charge in [-0.3, -0.25) is 19.3 Å². The van der Waals surface area contributed by atoms with E-state index >= 15 is 0 Å². The molecule has 0 saturated heterocycles. The van der Waals surface area contributed by atoms with E-state index in [1.807, 2.05) is 0 Å². The number of fused-ring (bicyclic) bond motifs is 1. The number of hydrogen-bond donors (Lipinski definition) is 1. The molecule has 0 spiro atoms. The Hall–Kier alpha value is -2.03. The van der Waals surface area contributed by atoms with Gasteiger partial charge >= 0.3 is 5.97 Å². The van der Waals surface area contributed by atoms with Crippen LogP contribution in [0.1, 0.15) is 41.0 Å². The molecule has 1 aliphatic heterocycles. The summed E-state index contributed by atoms with van der Waals surface area (Å²) in [5, 5.41) is 1.95. The van der Waals surface area contributed by atoms with Crippen molar-refractivity contribution in [2.45, 2.75) is 26.3 Å². The fraction of sp³-hybridized carbons (Fsp3) is 0.273. The molecule has 0 unspecified atom stereocenters. The minimum Gasteiger partial charge on any atom is -0.454 e. The molecule has 1 N–H and O–H groups in total. The molecule has 2 aromatic carbocycles. The Kier molecular flexibility index (Phi) is 8.37. The molecule has 1 atom stereocenters. The van der Waals surface area contributed by atoms with Crippen LogP contribution < -0.4 is 5.32 Å². The van der Waals surface area contributed by atoms with E-state index in [1.165, 1.54) is 0 Å². The van der Waals surface area contributed by atoms with Crippen molar-refractivity contribution >= 4 is 87.4 Å². The molecule has 12 heteroatoms. The van der Waals surface area contributed by atoms with Gasteiger partial charge in [-0.2, -0.15) is 0 Å². The predicted octanol–water partition coefficient (Wildman–Crippen LogP) is 6.15. The number of imide groups is 1. The average molecular weight is 567 g/mol. The number of hydrogen-bond acceptors (Lipinski definition) is 5. The summed E-state index contributed by atoms with van der Waals surface area (Å²) in [6.07, 6.45) is 0.0626. The zero-order chi connectivity index (χ0) is 25.3. The number of para-hydroxylation sites is 1. The van der Waals surface area contributed by atoms with Gasteiger partial charge in [0.2, 0.25) is 0 Å². The van der Waals surface area contributed by atoms with Crippen LogP contribution in [0.5, 0.6) is 0 Å². The fourth-order valence-electron chi connectivity index (χ4n) is 3.38. The Morgan fingerprint density at radius 1 is 0.912 bits per heavy atom. The van der Waals surface area contributed by atoms with Gasteiger partial charge in [0.25, 0.3) is 17.7 Å². The van der Waals surface area contributed by atoms with Crippen LogP contribution in [-0.2, 0) is 14.3 Å². The third-order valence-corrected chi connectivity index (χ3v) is 7.04. The number of rotatable bonds is 7. The maximum Gasteiger partial charge on any atom is 0.329 e. The summed E-state index contributed by atoms with van der Waals surface area (Å²) in [6, 6.07) is 5.18. The van der Waals surface area contributed by atoms with Gasteiger partial charge in [-0.05, 0) is 24.5 Å². The minimum atomic E-state index is -1.34. The largest absolute Gasteiger partial charge is 0.454 e. The number of anilines is 1. The predicted molar refractivity (Wildman–Crippen MR) is 131 cm³/mol. The van der Waals surface area contributed by atoms with Crippen molar-refractivity contribution in [1.29, 1.82) is 0 Å². The number of nitrogens with one attached hydrogen (secondary N) is 1. The number of ether oxygens (including phenoxy) is 1. The first-order valence-corrected chi connectivity index (χ1v) is 11.8. The van der Waals surface area contributed by atoms with E-state index in [1.54, 1.807) is 38.1 Å². The molecule has 1 aliphatic rings. The van der Waals surface area contributed by atoms with Crippen molar-refractivity contribution < 1.29 is 23.9 Å². The zero-order valence-corrected chi connectivity index (χ0v) is 21.5. The third kappa shape index (κ3) is 5.14. The summed E-state index contributed by atoms with van der Waals surface area (Å²) in [4.78, 5) is 52.2. The van der Waals surface area contributed by atoms with E-state index in [0.717, 1.165) is 0 Å². The number of benzene rings is 2. The van der Waals surface area contributed by atoms with Gasteiger partial charge in [0.05, 0.1) is 41.9 Å². The monoisotopic (exact) mass is 564 g/mol. The smallest absolute Gasteiger partial charge is 0.329 e. The second kappa shape index (κ2) is 10.7. The molecular formula is C22H17Cl5N2O5. The molecule has 3 amide bonds. The summed E-state index contributed by atoms with van der Waals surface area (Å²) in [5.74, 6) is -3.47. The van der Waals surface area contributed by atoms with Gasteiger partial charge in [-0.15, -0.1) is 0 Å². The second-order valence-electron chi connectivity index (χ2n) is 7.77. The Morgan fingerprint density at radius 2 is 1.44 bits per heavy atom. The van der Waals surface area contributed by atoms with Crippen molar-refractivity contribution in [2.75, 3.05) is 11.9 Å². The molecule has 0 saturated carbocycles.